The first-order chi connectivity index (χ1) is 9.86. The van der Waals surface area contributed by atoms with Crippen LogP contribution in [0.15, 0.2) is 6.07 Å². The quantitative estimate of drug-likeness (QED) is 0.760. The van der Waals surface area contributed by atoms with Crippen molar-refractivity contribution in [2.24, 2.45) is 0 Å². The van der Waals surface area contributed by atoms with E-state index >= 15 is 0 Å². The molecule has 1 heterocycles. The van der Waals surface area contributed by atoms with E-state index in [9.17, 15) is 0 Å². The second-order valence-electron chi connectivity index (χ2n) is 6.56. The summed E-state index contributed by atoms with van der Waals surface area (Å²) in [5.74, 6) is 0. The molecule has 0 aliphatic heterocycles. The SMILES string of the molecule is CCCNC(Cc1cc(CC)nn1CC)C(C)(C)N(C)C. The van der Waals surface area contributed by atoms with E-state index in [-0.39, 0.29) is 5.54 Å². The largest absolute Gasteiger partial charge is 0.312 e. The van der Waals surface area contributed by atoms with Crippen LogP contribution < -0.4 is 5.32 Å². The van der Waals surface area contributed by atoms with Gasteiger partial charge in [-0.3, -0.25) is 4.68 Å². The lowest BCUT2D eigenvalue weighted by atomic mass is 9.89. The third kappa shape index (κ3) is 4.55. The fourth-order valence-corrected chi connectivity index (χ4v) is 2.54. The molecule has 1 rings (SSSR count). The van der Waals surface area contributed by atoms with Crippen LogP contribution in [0.3, 0.4) is 0 Å². The Kier molecular flexibility index (Phi) is 6.88. The normalized spacial score (nSPS) is 13.9. The van der Waals surface area contributed by atoms with Gasteiger partial charge >= 0.3 is 0 Å². The molecule has 1 N–H and O–H groups in total. The summed E-state index contributed by atoms with van der Waals surface area (Å²) in [6, 6.07) is 2.69. The van der Waals surface area contributed by atoms with Crippen molar-refractivity contribution in [3.63, 3.8) is 0 Å². The highest BCUT2D eigenvalue weighted by Gasteiger charge is 2.32. The first-order valence-electron chi connectivity index (χ1n) is 8.33. The van der Waals surface area contributed by atoms with Crippen LogP contribution in [0.25, 0.3) is 0 Å². The number of rotatable bonds is 9. The maximum atomic E-state index is 4.68. The zero-order valence-corrected chi connectivity index (χ0v) is 15.0. The molecule has 1 atom stereocenters. The molecule has 1 aromatic heterocycles. The van der Waals surface area contributed by atoms with Gasteiger partial charge in [0.15, 0.2) is 0 Å². The lowest BCUT2D eigenvalue weighted by Crippen LogP contribution is -2.56. The van der Waals surface area contributed by atoms with Gasteiger partial charge in [-0.2, -0.15) is 5.10 Å². The molecule has 1 aromatic rings. The Labute approximate surface area is 130 Å². The van der Waals surface area contributed by atoms with Gasteiger partial charge in [-0.1, -0.05) is 13.8 Å². The number of nitrogens with zero attached hydrogens (tertiary/aromatic N) is 3. The van der Waals surface area contributed by atoms with Crippen LogP contribution in [0, 0.1) is 0 Å². The minimum Gasteiger partial charge on any atom is -0.312 e. The van der Waals surface area contributed by atoms with E-state index in [1.54, 1.807) is 0 Å². The van der Waals surface area contributed by atoms with Crippen molar-refractivity contribution < 1.29 is 0 Å². The van der Waals surface area contributed by atoms with Gasteiger partial charge in [-0.05, 0) is 60.3 Å². The molecule has 122 valence electrons. The Morgan fingerprint density at radius 3 is 2.43 bits per heavy atom. The van der Waals surface area contributed by atoms with Crippen molar-refractivity contribution >= 4 is 0 Å². The van der Waals surface area contributed by atoms with Crippen LogP contribution in [0.4, 0.5) is 0 Å². The van der Waals surface area contributed by atoms with Gasteiger partial charge in [-0.15, -0.1) is 0 Å². The van der Waals surface area contributed by atoms with Crippen LogP contribution in [0.2, 0.25) is 0 Å². The van der Waals surface area contributed by atoms with Crippen LogP contribution in [0.1, 0.15) is 52.4 Å². The number of nitrogens with one attached hydrogen (secondary N) is 1. The fourth-order valence-electron chi connectivity index (χ4n) is 2.54. The van der Waals surface area contributed by atoms with Gasteiger partial charge < -0.3 is 10.2 Å². The molecular formula is C17H34N4. The van der Waals surface area contributed by atoms with Gasteiger partial charge in [0.2, 0.25) is 0 Å². The minimum atomic E-state index is 0.102. The fraction of sp³-hybridized carbons (Fsp3) is 0.824. The zero-order chi connectivity index (χ0) is 16.0. The molecule has 0 saturated heterocycles. The Morgan fingerprint density at radius 2 is 1.95 bits per heavy atom. The van der Waals surface area contributed by atoms with Crippen LogP contribution in [0.5, 0.6) is 0 Å². The third-order valence-corrected chi connectivity index (χ3v) is 4.64. The molecular weight excluding hydrogens is 260 g/mol. The molecule has 0 fully saturated rings. The molecule has 1 unspecified atom stereocenters. The summed E-state index contributed by atoms with van der Waals surface area (Å²) in [7, 11) is 4.32. The Bertz CT molecular complexity index is 420. The summed E-state index contributed by atoms with van der Waals surface area (Å²) in [5.41, 5.74) is 2.64. The molecule has 0 bridgehead atoms. The highest BCUT2D eigenvalue weighted by atomic mass is 15.3. The van der Waals surface area contributed by atoms with Gasteiger partial charge in [0.05, 0.1) is 5.69 Å². The smallest absolute Gasteiger partial charge is 0.0624 e. The van der Waals surface area contributed by atoms with Crippen LogP contribution >= 0.6 is 0 Å². The van der Waals surface area contributed by atoms with Crippen LogP contribution in [-0.4, -0.2) is 46.9 Å². The Balaban J connectivity index is 2.97. The standard InChI is InChI=1S/C17H34N4/c1-8-11-18-16(17(4,5)20(6)7)13-15-12-14(9-2)19-21(15)10-3/h12,16,18H,8-11,13H2,1-7H3. The van der Waals surface area contributed by atoms with Crippen LogP contribution in [-0.2, 0) is 19.4 Å². The second kappa shape index (κ2) is 7.95. The molecule has 0 amide bonds. The maximum Gasteiger partial charge on any atom is 0.0624 e. The molecule has 0 saturated carbocycles. The molecule has 4 heteroatoms. The predicted molar refractivity (Wildman–Crippen MR) is 90.8 cm³/mol. The van der Waals surface area contributed by atoms with E-state index in [1.165, 1.54) is 11.4 Å². The first-order valence-corrected chi connectivity index (χ1v) is 8.33. The summed E-state index contributed by atoms with van der Waals surface area (Å²) in [5, 5.41) is 8.42. The lowest BCUT2D eigenvalue weighted by molar-refractivity contribution is 0.136. The predicted octanol–water partition coefficient (Wildman–Crippen LogP) is 2.72. The van der Waals surface area contributed by atoms with Crippen molar-refractivity contribution in [1.82, 2.24) is 20.0 Å². The molecule has 0 aliphatic rings. The minimum absolute atomic E-state index is 0.102. The van der Waals surface area contributed by atoms with Crippen molar-refractivity contribution in [1.29, 1.82) is 0 Å². The van der Waals surface area contributed by atoms with Crippen molar-refractivity contribution in [3.8, 4) is 0 Å². The Morgan fingerprint density at radius 1 is 1.29 bits per heavy atom. The number of aryl methyl sites for hydroxylation is 2. The maximum absolute atomic E-state index is 4.68. The molecule has 0 aliphatic carbocycles. The van der Waals surface area contributed by atoms with Gasteiger partial charge in [0, 0.05) is 30.2 Å². The average molecular weight is 294 g/mol. The average Bonchev–Trinajstić information content (AvgIpc) is 2.85. The summed E-state index contributed by atoms with van der Waals surface area (Å²) in [6.07, 6.45) is 3.18. The van der Waals surface area contributed by atoms with Gasteiger partial charge in [-0.25, -0.2) is 0 Å². The number of aromatic nitrogens is 2. The van der Waals surface area contributed by atoms with E-state index in [2.05, 4.69) is 74.8 Å². The molecule has 0 spiro atoms. The van der Waals surface area contributed by atoms with Gasteiger partial charge in [0.25, 0.3) is 0 Å². The highest BCUT2D eigenvalue weighted by Crippen LogP contribution is 2.20. The zero-order valence-electron chi connectivity index (χ0n) is 15.0. The summed E-state index contributed by atoms with van der Waals surface area (Å²) in [4.78, 5) is 2.31. The van der Waals surface area contributed by atoms with E-state index in [1.807, 2.05) is 0 Å². The van der Waals surface area contributed by atoms with Gasteiger partial charge in [0.1, 0.15) is 0 Å². The van der Waals surface area contributed by atoms with E-state index < -0.39 is 0 Å². The monoisotopic (exact) mass is 294 g/mol. The van der Waals surface area contributed by atoms with E-state index in [0.717, 1.165) is 32.4 Å². The highest BCUT2D eigenvalue weighted by molar-refractivity contribution is 5.13. The number of hydrogen-bond acceptors (Lipinski definition) is 3. The molecule has 0 radical (unpaired) electrons. The Hall–Kier alpha value is -0.870. The molecule has 4 nitrogen and oxygen atoms in total. The third-order valence-electron chi connectivity index (χ3n) is 4.64. The van der Waals surface area contributed by atoms with Crippen molar-refractivity contribution in [3.05, 3.63) is 17.5 Å². The number of hydrogen-bond donors (Lipinski definition) is 1. The molecule has 0 aromatic carbocycles. The lowest BCUT2D eigenvalue weighted by Gasteiger charge is -2.41. The second-order valence-corrected chi connectivity index (χ2v) is 6.56. The molecule has 21 heavy (non-hydrogen) atoms. The summed E-state index contributed by atoms with van der Waals surface area (Å²) in [6.45, 7) is 13.2. The summed E-state index contributed by atoms with van der Waals surface area (Å²) < 4.78 is 2.16. The van der Waals surface area contributed by atoms with E-state index in [0.29, 0.717) is 6.04 Å². The van der Waals surface area contributed by atoms with E-state index in [4.69, 9.17) is 0 Å². The number of likely N-dealkylation sites (N-methyl/N-ethyl adjacent to an activating group) is 1. The first kappa shape index (κ1) is 18.2. The van der Waals surface area contributed by atoms with Crippen molar-refractivity contribution in [2.75, 3.05) is 20.6 Å². The topological polar surface area (TPSA) is 33.1 Å². The summed E-state index contributed by atoms with van der Waals surface area (Å²) >= 11 is 0. The van der Waals surface area contributed by atoms with Crippen molar-refractivity contribution in [2.45, 2.75) is 72.0 Å².